The van der Waals surface area contributed by atoms with Gasteiger partial charge >= 0.3 is 5.00 Å². The maximum atomic E-state index is 10.7. The van der Waals surface area contributed by atoms with E-state index in [-0.39, 0.29) is 5.00 Å². The summed E-state index contributed by atoms with van der Waals surface area (Å²) in [4.78, 5) is 14.8. The Bertz CT molecular complexity index is 474. The van der Waals surface area contributed by atoms with Crippen LogP contribution in [-0.4, -0.2) is 21.7 Å². The Morgan fingerprint density at radius 3 is 2.73 bits per heavy atom. The van der Waals surface area contributed by atoms with Crippen LogP contribution in [0, 0.1) is 17.0 Å². The third kappa shape index (κ3) is 2.39. The fourth-order valence-electron chi connectivity index (χ4n) is 0.926. The maximum Gasteiger partial charge on any atom is 0.346 e. The van der Waals surface area contributed by atoms with Gasteiger partial charge in [-0.15, -0.1) is 0 Å². The van der Waals surface area contributed by atoms with Crippen molar-refractivity contribution in [1.29, 1.82) is 0 Å². The number of aromatic nitrogens is 1. The molecule has 82 valence electrons. The van der Waals surface area contributed by atoms with Crippen LogP contribution >= 0.6 is 23.6 Å². The maximum absolute atomic E-state index is 10.7. The van der Waals surface area contributed by atoms with Gasteiger partial charge in [0.1, 0.15) is 5.69 Å². The first-order valence-electron chi connectivity index (χ1n) is 4.04. The molecule has 8 heteroatoms. The average molecular weight is 246 g/mol. The molecule has 0 amide bonds. The van der Waals surface area contributed by atoms with Crippen LogP contribution in [0.1, 0.15) is 5.69 Å². The highest BCUT2D eigenvalue weighted by Gasteiger charge is 2.17. The van der Waals surface area contributed by atoms with Crippen molar-refractivity contribution in [2.24, 2.45) is 12.0 Å². The van der Waals surface area contributed by atoms with Crippen molar-refractivity contribution in [3.8, 4) is 0 Å². The molecule has 0 aliphatic carbocycles. The van der Waals surface area contributed by atoms with E-state index >= 15 is 0 Å². The van der Waals surface area contributed by atoms with Gasteiger partial charge in [0.25, 0.3) is 0 Å². The van der Waals surface area contributed by atoms with Gasteiger partial charge in [-0.1, -0.05) is 0 Å². The van der Waals surface area contributed by atoms with Crippen molar-refractivity contribution in [2.75, 3.05) is 7.05 Å². The van der Waals surface area contributed by atoms with Gasteiger partial charge in [0.05, 0.1) is 4.92 Å². The standard InChI is InChI=1S/C7H10N4O2S2/c1-4-5(11(12)13)15-7(10(4)3)9-6(14)8-2/h1-3H3,(H,8,14)/b9-7-. The lowest BCUT2D eigenvalue weighted by Gasteiger charge is -1.94. The molecule has 0 aliphatic heterocycles. The monoisotopic (exact) mass is 246 g/mol. The van der Waals surface area contributed by atoms with Crippen molar-refractivity contribution < 1.29 is 4.92 Å². The molecule has 0 radical (unpaired) electrons. The van der Waals surface area contributed by atoms with E-state index in [1.165, 1.54) is 0 Å². The molecular weight excluding hydrogens is 236 g/mol. The molecule has 1 aromatic rings. The molecule has 0 bridgehead atoms. The van der Waals surface area contributed by atoms with E-state index in [1.54, 1.807) is 25.6 Å². The van der Waals surface area contributed by atoms with Crippen LogP contribution < -0.4 is 10.1 Å². The second-order valence-electron chi connectivity index (χ2n) is 2.76. The Morgan fingerprint density at radius 2 is 2.33 bits per heavy atom. The lowest BCUT2D eigenvalue weighted by Crippen LogP contribution is -2.20. The van der Waals surface area contributed by atoms with Gasteiger partial charge in [-0.2, -0.15) is 4.99 Å². The summed E-state index contributed by atoms with van der Waals surface area (Å²) in [6.07, 6.45) is 0. The highest BCUT2D eigenvalue weighted by Crippen LogP contribution is 2.19. The minimum Gasteiger partial charge on any atom is -0.364 e. The van der Waals surface area contributed by atoms with Crippen LogP contribution in [-0.2, 0) is 7.05 Å². The highest BCUT2D eigenvalue weighted by atomic mass is 32.1. The predicted molar refractivity (Wildman–Crippen MR) is 61.9 cm³/mol. The number of thiazole rings is 1. The van der Waals surface area contributed by atoms with Crippen molar-refractivity contribution >= 4 is 33.7 Å². The number of nitro groups is 1. The first kappa shape index (κ1) is 11.8. The topological polar surface area (TPSA) is 72.5 Å². The summed E-state index contributed by atoms with van der Waals surface area (Å²) in [5.41, 5.74) is 0.572. The van der Waals surface area contributed by atoms with Crippen LogP contribution in [0.15, 0.2) is 4.99 Å². The summed E-state index contributed by atoms with van der Waals surface area (Å²) in [5.74, 6) is 0. The molecule has 0 aromatic carbocycles. The second-order valence-corrected chi connectivity index (χ2v) is 4.10. The number of nitrogens with zero attached hydrogens (tertiary/aromatic N) is 3. The van der Waals surface area contributed by atoms with Crippen LogP contribution in [0.25, 0.3) is 0 Å². The fraction of sp³-hybridized carbons (Fsp3) is 0.429. The molecule has 0 spiro atoms. The number of thiocarbonyl (C=S) groups is 1. The molecule has 6 nitrogen and oxygen atoms in total. The van der Waals surface area contributed by atoms with Gasteiger partial charge in [0.15, 0.2) is 9.91 Å². The van der Waals surface area contributed by atoms with Gasteiger partial charge < -0.3 is 9.88 Å². The van der Waals surface area contributed by atoms with Crippen LogP contribution in [0.2, 0.25) is 0 Å². The van der Waals surface area contributed by atoms with Gasteiger partial charge in [-0.25, -0.2) is 0 Å². The summed E-state index contributed by atoms with van der Waals surface area (Å²) in [5, 5.41) is 13.7. The summed E-state index contributed by atoms with van der Waals surface area (Å²) in [6.45, 7) is 1.68. The Hall–Kier alpha value is -1.28. The molecular formula is C7H10N4O2S2. The number of rotatable bonds is 1. The van der Waals surface area contributed by atoms with E-state index in [0.717, 1.165) is 11.3 Å². The molecule has 0 saturated heterocycles. The Balaban J connectivity index is 3.34. The first-order chi connectivity index (χ1) is 6.97. The van der Waals surface area contributed by atoms with Gasteiger partial charge in [0.2, 0.25) is 0 Å². The predicted octanol–water partition coefficient (Wildman–Crippen LogP) is 0.708. The number of nitrogens with one attached hydrogen (secondary N) is 1. The van der Waals surface area contributed by atoms with E-state index in [2.05, 4.69) is 10.3 Å². The SMILES string of the molecule is CNC(=S)/N=c1\sc([N+](=O)[O-])c(C)n1C. The first-order valence-corrected chi connectivity index (χ1v) is 5.27. The van der Waals surface area contributed by atoms with E-state index in [9.17, 15) is 10.1 Å². The van der Waals surface area contributed by atoms with Gasteiger partial charge in [-0.3, -0.25) is 10.1 Å². The largest absolute Gasteiger partial charge is 0.364 e. The molecule has 0 fully saturated rings. The second kappa shape index (κ2) is 4.49. The lowest BCUT2D eigenvalue weighted by molar-refractivity contribution is -0.381. The summed E-state index contributed by atoms with van der Waals surface area (Å²) >= 11 is 5.87. The van der Waals surface area contributed by atoms with Crippen molar-refractivity contribution in [1.82, 2.24) is 9.88 Å². The zero-order chi connectivity index (χ0) is 11.6. The molecule has 0 saturated carbocycles. The smallest absolute Gasteiger partial charge is 0.346 e. The molecule has 15 heavy (non-hydrogen) atoms. The zero-order valence-electron chi connectivity index (χ0n) is 8.47. The third-order valence-corrected chi connectivity index (χ3v) is 3.35. The van der Waals surface area contributed by atoms with E-state index < -0.39 is 4.92 Å². The average Bonchev–Trinajstić information content (AvgIpc) is 2.46. The molecule has 1 N–H and O–H groups in total. The van der Waals surface area contributed by atoms with E-state index in [0.29, 0.717) is 15.6 Å². The minimum atomic E-state index is -0.415. The molecule has 0 unspecified atom stereocenters. The molecule has 1 heterocycles. The van der Waals surface area contributed by atoms with E-state index in [4.69, 9.17) is 12.2 Å². The van der Waals surface area contributed by atoms with Gasteiger partial charge in [0, 0.05) is 14.1 Å². The summed E-state index contributed by atoms with van der Waals surface area (Å²) < 4.78 is 1.65. The molecule has 0 aliphatic rings. The minimum absolute atomic E-state index is 0.0927. The van der Waals surface area contributed by atoms with Crippen LogP contribution in [0.3, 0.4) is 0 Å². The van der Waals surface area contributed by atoms with Crippen molar-refractivity contribution in [3.05, 3.63) is 20.6 Å². The number of hydrogen-bond donors (Lipinski definition) is 1. The Morgan fingerprint density at radius 1 is 1.73 bits per heavy atom. The van der Waals surface area contributed by atoms with Crippen molar-refractivity contribution in [3.63, 3.8) is 0 Å². The zero-order valence-corrected chi connectivity index (χ0v) is 10.1. The van der Waals surface area contributed by atoms with E-state index in [1.807, 2.05) is 0 Å². The lowest BCUT2D eigenvalue weighted by atomic mass is 10.5. The summed E-state index contributed by atoms with van der Waals surface area (Å²) in [6, 6.07) is 0. The third-order valence-electron chi connectivity index (χ3n) is 1.86. The molecule has 1 rings (SSSR count). The Labute approximate surface area is 95.4 Å². The van der Waals surface area contributed by atoms with Gasteiger partial charge in [-0.05, 0) is 30.5 Å². The molecule has 0 atom stereocenters. The summed E-state index contributed by atoms with van der Waals surface area (Å²) in [7, 11) is 3.37. The molecule has 1 aromatic heterocycles. The fourth-order valence-corrected chi connectivity index (χ4v) is 2.01. The van der Waals surface area contributed by atoms with Crippen molar-refractivity contribution in [2.45, 2.75) is 6.92 Å². The highest BCUT2D eigenvalue weighted by molar-refractivity contribution is 7.80. The number of hydrogen-bond acceptors (Lipinski definition) is 4. The Kier molecular flexibility index (Phi) is 3.53. The van der Waals surface area contributed by atoms with Crippen LogP contribution in [0.5, 0.6) is 0 Å². The quantitative estimate of drug-likeness (QED) is 0.450. The normalized spacial score (nSPS) is 11.5. The van der Waals surface area contributed by atoms with Crippen LogP contribution in [0.4, 0.5) is 5.00 Å².